The van der Waals surface area contributed by atoms with Crippen molar-refractivity contribution in [3.8, 4) is 0 Å². The van der Waals surface area contributed by atoms with Gasteiger partial charge in [-0.05, 0) is 25.0 Å². The molecule has 1 N–H and O–H groups in total. The quantitative estimate of drug-likeness (QED) is 0.933. The molecule has 3 atom stereocenters. The molecule has 0 radical (unpaired) electrons. The summed E-state index contributed by atoms with van der Waals surface area (Å²) in [5, 5.41) is 10.3. The Bertz CT molecular complexity index is 600. The number of nitrogens with zero attached hydrogens (tertiary/aromatic N) is 1. The number of likely N-dealkylation sites (tertiary alicyclic amines) is 1. The molecule has 1 saturated heterocycles. The van der Waals surface area contributed by atoms with Crippen molar-refractivity contribution in [2.75, 3.05) is 13.1 Å². The summed E-state index contributed by atoms with van der Waals surface area (Å²) in [6.45, 7) is 5.47. The summed E-state index contributed by atoms with van der Waals surface area (Å²) in [5.74, 6) is 0.113. The fourth-order valence-corrected chi connectivity index (χ4v) is 3.03. The Kier molecular flexibility index (Phi) is 3.26. The van der Waals surface area contributed by atoms with E-state index in [-0.39, 0.29) is 17.9 Å². The van der Waals surface area contributed by atoms with Crippen LogP contribution in [0.25, 0.3) is 11.0 Å². The van der Waals surface area contributed by atoms with Gasteiger partial charge in [0, 0.05) is 18.5 Å². The first kappa shape index (κ1) is 13.2. The first-order valence-electron chi connectivity index (χ1n) is 7.01. The predicted molar refractivity (Wildman–Crippen MR) is 76.5 cm³/mol. The molecule has 1 unspecified atom stereocenters. The first-order valence-corrected chi connectivity index (χ1v) is 7.01. The van der Waals surface area contributed by atoms with Crippen LogP contribution in [0.3, 0.4) is 0 Å². The molecular weight excluding hydrogens is 254 g/mol. The largest absolute Gasteiger partial charge is 0.481 e. The molecule has 2 aromatic rings. The van der Waals surface area contributed by atoms with Gasteiger partial charge in [0.05, 0.1) is 12.0 Å². The summed E-state index contributed by atoms with van der Waals surface area (Å²) >= 11 is 0. The van der Waals surface area contributed by atoms with Crippen molar-refractivity contribution < 1.29 is 14.3 Å². The summed E-state index contributed by atoms with van der Waals surface area (Å²) in [7, 11) is 0. The van der Waals surface area contributed by atoms with Gasteiger partial charge in [-0.15, -0.1) is 0 Å². The van der Waals surface area contributed by atoms with Gasteiger partial charge in [-0.2, -0.15) is 0 Å². The number of rotatable bonds is 3. The Morgan fingerprint density at radius 2 is 2.15 bits per heavy atom. The van der Waals surface area contributed by atoms with Crippen LogP contribution in [0.15, 0.2) is 34.7 Å². The Morgan fingerprint density at radius 3 is 2.80 bits per heavy atom. The van der Waals surface area contributed by atoms with Crippen LogP contribution in [0, 0.1) is 11.8 Å². The van der Waals surface area contributed by atoms with Gasteiger partial charge in [0.1, 0.15) is 11.3 Å². The summed E-state index contributed by atoms with van der Waals surface area (Å²) in [4.78, 5) is 13.4. The molecule has 3 rings (SSSR count). The van der Waals surface area contributed by atoms with Crippen LogP contribution in [0.5, 0.6) is 0 Å². The molecule has 106 valence electrons. The average molecular weight is 273 g/mol. The highest BCUT2D eigenvalue weighted by Crippen LogP contribution is 2.33. The number of fused-ring (bicyclic) bond motifs is 1. The maximum absolute atomic E-state index is 11.2. The molecule has 0 spiro atoms. The van der Waals surface area contributed by atoms with Crippen LogP contribution in [-0.2, 0) is 4.79 Å². The second kappa shape index (κ2) is 4.94. The van der Waals surface area contributed by atoms with Crippen LogP contribution in [0.2, 0.25) is 0 Å². The lowest BCUT2D eigenvalue weighted by Gasteiger charge is -2.22. The molecule has 20 heavy (non-hydrogen) atoms. The minimum Gasteiger partial charge on any atom is -0.481 e. The Balaban J connectivity index is 1.82. The molecule has 0 amide bonds. The van der Waals surface area contributed by atoms with Gasteiger partial charge >= 0.3 is 5.97 Å². The minimum absolute atomic E-state index is 0.106. The van der Waals surface area contributed by atoms with Crippen molar-refractivity contribution >= 4 is 16.9 Å². The second-order valence-electron chi connectivity index (χ2n) is 5.74. The smallest absolute Gasteiger partial charge is 0.308 e. The first-order chi connectivity index (χ1) is 9.56. The number of aliphatic carboxylic acids is 1. The van der Waals surface area contributed by atoms with E-state index in [0.29, 0.717) is 6.54 Å². The highest BCUT2D eigenvalue weighted by atomic mass is 16.4. The number of carboxylic acid groups (broad SMARTS) is 1. The number of carbonyl (C=O) groups is 1. The van der Waals surface area contributed by atoms with Gasteiger partial charge in [0.25, 0.3) is 0 Å². The van der Waals surface area contributed by atoms with Crippen LogP contribution < -0.4 is 0 Å². The van der Waals surface area contributed by atoms with Gasteiger partial charge < -0.3 is 9.52 Å². The minimum atomic E-state index is -0.697. The Morgan fingerprint density at radius 1 is 1.40 bits per heavy atom. The van der Waals surface area contributed by atoms with Gasteiger partial charge in [-0.25, -0.2) is 0 Å². The Labute approximate surface area is 118 Å². The van der Waals surface area contributed by atoms with Gasteiger partial charge in [-0.1, -0.05) is 25.1 Å². The van der Waals surface area contributed by atoms with E-state index in [1.807, 2.05) is 31.2 Å². The number of hydrogen-bond donors (Lipinski definition) is 1. The zero-order chi connectivity index (χ0) is 14.3. The highest BCUT2D eigenvalue weighted by Gasteiger charge is 2.37. The van der Waals surface area contributed by atoms with Crippen molar-refractivity contribution in [1.29, 1.82) is 0 Å². The van der Waals surface area contributed by atoms with E-state index in [4.69, 9.17) is 4.42 Å². The number of benzene rings is 1. The number of furan rings is 1. The SMILES string of the molecule is CC(c1cc2ccccc2o1)N1C[C@@H](C)[C@H](C(=O)O)C1. The summed E-state index contributed by atoms with van der Waals surface area (Å²) in [6.07, 6.45) is 0. The summed E-state index contributed by atoms with van der Waals surface area (Å²) in [6, 6.07) is 10.1. The van der Waals surface area contributed by atoms with Crippen molar-refractivity contribution in [1.82, 2.24) is 4.90 Å². The molecule has 4 nitrogen and oxygen atoms in total. The molecular formula is C16H19NO3. The maximum atomic E-state index is 11.2. The van der Waals surface area contributed by atoms with E-state index in [1.54, 1.807) is 0 Å². The number of para-hydroxylation sites is 1. The molecule has 0 bridgehead atoms. The monoisotopic (exact) mass is 273 g/mol. The standard InChI is InChI=1S/C16H19NO3/c1-10-8-17(9-13(10)16(18)19)11(2)15-7-12-5-3-4-6-14(12)20-15/h3-7,10-11,13H,8-9H2,1-2H3,(H,18,19)/t10-,11?,13-/m1/s1. The van der Waals surface area contributed by atoms with E-state index in [9.17, 15) is 9.90 Å². The van der Waals surface area contributed by atoms with Crippen LogP contribution >= 0.6 is 0 Å². The normalized spacial score (nSPS) is 25.1. The number of carboxylic acids is 1. The van der Waals surface area contributed by atoms with Gasteiger partial charge in [0.2, 0.25) is 0 Å². The summed E-state index contributed by atoms with van der Waals surface area (Å²) < 4.78 is 5.88. The van der Waals surface area contributed by atoms with Crippen molar-refractivity contribution in [2.24, 2.45) is 11.8 Å². The zero-order valence-electron chi connectivity index (χ0n) is 11.7. The molecule has 1 aliphatic rings. The molecule has 1 aromatic heterocycles. The topological polar surface area (TPSA) is 53.7 Å². The van der Waals surface area contributed by atoms with Gasteiger partial charge in [0.15, 0.2) is 0 Å². The van der Waals surface area contributed by atoms with Crippen LogP contribution in [0.1, 0.15) is 25.6 Å². The third-order valence-electron chi connectivity index (χ3n) is 4.36. The van der Waals surface area contributed by atoms with Crippen LogP contribution in [0.4, 0.5) is 0 Å². The van der Waals surface area contributed by atoms with Gasteiger partial charge in [-0.3, -0.25) is 9.69 Å². The van der Waals surface area contributed by atoms with Crippen molar-refractivity contribution in [2.45, 2.75) is 19.9 Å². The van der Waals surface area contributed by atoms with E-state index < -0.39 is 5.97 Å². The lowest BCUT2D eigenvalue weighted by atomic mass is 9.99. The van der Waals surface area contributed by atoms with Crippen LogP contribution in [-0.4, -0.2) is 29.1 Å². The third-order valence-corrected chi connectivity index (χ3v) is 4.36. The van der Waals surface area contributed by atoms with Crippen molar-refractivity contribution in [3.63, 3.8) is 0 Å². The van der Waals surface area contributed by atoms with E-state index >= 15 is 0 Å². The van der Waals surface area contributed by atoms with E-state index in [1.165, 1.54) is 0 Å². The van der Waals surface area contributed by atoms with E-state index in [2.05, 4.69) is 17.9 Å². The average Bonchev–Trinajstić information content (AvgIpc) is 3.01. The van der Waals surface area contributed by atoms with E-state index in [0.717, 1.165) is 23.3 Å². The molecule has 1 aliphatic heterocycles. The second-order valence-corrected chi connectivity index (χ2v) is 5.74. The van der Waals surface area contributed by atoms with Crippen molar-refractivity contribution in [3.05, 3.63) is 36.1 Å². The molecule has 1 fully saturated rings. The molecule has 4 heteroatoms. The molecule has 0 saturated carbocycles. The summed E-state index contributed by atoms with van der Waals surface area (Å²) in [5.41, 5.74) is 0.886. The fourth-order valence-electron chi connectivity index (χ4n) is 3.03. The number of hydrogen-bond acceptors (Lipinski definition) is 3. The third kappa shape index (κ3) is 2.20. The zero-order valence-corrected chi connectivity index (χ0v) is 11.7. The molecule has 2 heterocycles. The molecule has 0 aliphatic carbocycles. The Hall–Kier alpha value is -1.81. The predicted octanol–water partition coefficient (Wildman–Crippen LogP) is 3.15. The lowest BCUT2D eigenvalue weighted by Crippen LogP contribution is -2.26. The fraction of sp³-hybridized carbons (Fsp3) is 0.438. The highest BCUT2D eigenvalue weighted by molar-refractivity contribution is 5.77. The lowest BCUT2D eigenvalue weighted by molar-refractivity contribution is -0.142. The molecule has 1 aromatic carbocycles. The maximum Gasteiger partial charge on any atom is 0.308 e.